The molecule has 1 aliphatic heterocycles. The summed E-state index contributed by atoms with van der Waals surface area (Å²) < 4.78 is 10.4. The Bertz CT molecular complexity index is 652. The van der Waals surface area contributed by atoms with Gasteiger partial charge in [0.25, 0.3) is 0 Å². The summed E-state index contributed by atoms with van der Waals surface area (Å²) in [5, 5.41) is 4.02. The van der Waals surface area contributed by atoms with E-state index in [1.165, 1.54) is 0 Å². The van der Waals surface area contributed by atoms with Crippen LogP contribution in [0.4, 0.5) is 0 Å². The number of amides is 2. The normalized spacial score (nSPS) is 14.4. The predicted molar refractivity (Wildman–Crippen MR) is 94.9 cm³/mol. The van der Waals surface area contributed by atoms with E-state index in [0.29, 0.717) is 17.2 Å². The van der Waals surface area contributed by atoms with Gasteiger partial charge < -0.3 is 14.4 Å². The van der Waals surface area contributed by atoms with Crippen molar-refractivity contribution >= 4 is 17.5 Å². The van der Waals surface area contributed by atoms with Crippen LogP contribution in [0.15, 0.2) is 23.3 Å². The Balaban J connectivity index is 1.85. The fourth-order valence-electron chi connectivity index (χ4n) is 2.71. The zero-order chi connectivity index (χ0) is 18.2. The highest BCUT2D eigenvalue weighted by Gasteiger charge is 2.18. The summed E-state index contributed by atoms with van der Waals surface area (Å²) in [6.45, 7) is 3.38. The maximum Gasteiger partial charge on any atom is 0.244 e. The molecule has 0 spiro atoms. The lowest BCUT2D eigenvalue weighted by molar-refractivity contribution is -0.128. The molecule has 1 aromatic carbocycles. The average Bonchev–Trinajstić information content (AvgIpc) is 3.14. The smallest absolute Gasteiger partial charge is 0.244 e. The molecule has 0 aliphatic carbocycles. The van der Waals surface area contributed by atoms with Gasteiger partial charge in [0.15, 0.2) is 11.5 Å². The maximum atomic E-state index is 12.0. The highest BCUT2D eigenvalue weighted by Crippen LogP contribution is 2.27. The van der Waals surface area contributed by atoms with Crippen molar-refractivity contribution in [2.45, 2.75) is 32.6 Å². The van der Waals surface area contributed by atoms with Gasteiger partial charge in [-0.25, -0.2) is 5.43 Å². The van der Waals surface area contributed by atoms with Crippen molar-refractivity contribution in [3.63, 3.8) is 0 Å². The van der Waals surface area contributed by atoms with Gasteiger partial charge in [-0.2, -0.15) is 5.10 Å². The Kier molecular flexibility index (Phi) is 6.80. The summed E-state index contributed by atoms with van der Waals surface area (Å²) >= 11 is 0. The van der Waals surface area contributed by atoms with Crippen molar-refractivity contribution in [3.8, 4) is 11.5 Å². The van der Waals surface area contributed by atoms with Crippen molar-refractivity contribution in [2.24, 2.45) is 5.10 Å². The predicted octanol–water partition coefficient (Wildman–Crippen LogP) is 1.75. The summed E-state index contributed by atoms with van der Waals surface area (Å²) in [5.74, 6) is 0.998. The molecular formula is C18H25N3O4. The molecule has 0 aromatic heterocycles. The topological polar surface area (TPSA) is 80.2 Å². The van der Waals surface area contributed by atoms with Gasteiger partial charge in [-0.3, -0.25) is 9.59 Å². The standard InChI is InChI=1S/C18H25N3O4/c1-13(10-18(23)21-8-4-5-9-21)19-20-17(22)12-14-6-7-15(24-2)16(11-14)25-3/h6-7,11H,4-5,8-10,12H2,1-3H3,(H,20,22)/b19-13+. The molecule has 1 aromatic rings. The van der Waals surface area contributed by atoms with Crippen LogP contribution in [0, 0.1) is 0 Å². The summed E-state index contributed by atoms with van der Waals surface area (Å²) in [6.07, 6.45) is 2.52. The minimum Gasteiger partial charge on any atom is -0.493 e. The van der Waals surface area contributed by atoms with Crippen molar-refractivity contribution in [1.82, 2.24) is 10.3 Å². The van der Waals surface area contributed by atoms with Crippen LogP contribution in [0.3, 0.4) is 0 Å². The van der Waals surface area contributed by atoms with Crippen LogP contribution in [0.2, 0.25) is 0 Å². The number of hydrogen-bond donors (Lipinski definition) is 1. The Labute approximate surface area is 148 Å². The van der Waals surface area contributed by atoms with Crippen molar-refractivity contribution in [3.05, 3.63) is 23.8 Å². The number of rotatable bonds is 7. The largest absolute Gasteiger partial charge is 0.493 e. The quantitative estimate of drug-likeness (QED) is 0.602. The van der Waals surface area contributed by atoms with Gasteiger partial charge >= 0.3 is 0 Å². The van der Waals surface area contributed by atoms with E-state index in [1.54, 1.807) is 39.3 Å². The molecule has 0 unspecified atom stereocenters. The molecule has 0 bridgehead atoms. The first kappa shape index (κ1) is 18.8. The summed E-state index contributed by atoms with van der Waals surface area (Å²) in [4.78, 5) is 25.9. The zero-order valence-electron chi connectivity index (χ0n) is 15.0. The first-order chi connectivity index (χ1) is 12.0. The van der Waals surface area contributed by atoms with E-state index >= 15 is 0 Å². The molecule has 2 amide bonds. The van der Waals surface area contributed by atoms with E-state index in [2.05, 4.69) is 10.5 Å². The number of methoxy groups -OCH3 is 2. The fraction of sp³-hybridized carbons (Fsp3) is 0.500. The van der Waals surface area contributed by atoms with Gasteiger partial charge in [0.1, 0.15) is 0 Å². The van der Waals surface area contributed by atoms with E-state index in [-0.39, 0.29) is 24.7 Å². The van der Waals surface area contributed by atoms with Crippen LogP contribution in [0.25, 0.3) is 0 Å². The van der Waals surface area contributed by atoms with Crippen LogP contribution >= 0.6 is 0 Å². The number of nitrogens with one attached hydrogen (secondary N) is 1. The van der Waals surface area contributed by atoms with Gasteiger partial charge in [-0.1, -0.05) is 6.07 Å². The average molecular weight is 347 g/mol. The molecule has 1 N–H and O–H groups in total. The summed E-state index contributed by atoms with van der Waals surface area (Å²) in [6, 6.07) is 5.31. The molecule has 1 aliphatic rings. The summed E-state index contributed by atoms with van der Waals surface area (Å²) in [7, 11) is 3.11. The van der Waals surface area contributed by atoms with Gasteiger partial charge in [-0.05, 0) is 37.5 Å². The molecule has 2 rings (SSSR count). The number of nitrogens with zero attached hydrogens (tertiary/aromatic N) is 2. The lowest BCUT2D eigenvalue weighted by Gasteiger charge is -2.14. The number of benzene rings is 1. The first-order valence-corrected chi connectivity index (χ1v) is 8.34. The molecule has 7 nitrogen and oxygen atoms in total. The maximum absolute atomic E-state index is 12.0. The van der Waals surface area contributed by atoms with E-state index < -0.39 is 0 Å². The number of carbonyl (C=O) groups excluding carboxylic acids is 2. The van der Waals surface area contributed by atoms with E-state index in [0.717, 1.165) is 31.5 Å². The number of likely N-dealkylation sites (tertiary alicyclic amines) is 1. The molecule has 7 heteroatoms. The van der Waals surface area contributed by atoms with Crippen LogP contribution < -0.4 is 14.9 Å². The molecule has 136 valence electrons. The number of hydrogen-bond acceptors (Lipinski definition) is 5. The molecule has 0 saturated carbocycles. The molecule has 0 radical (unpaired) electrons. The monoisotopic (exact) mass is 347 g/mol. The van der Waals surface area contributed by atoms with Gasteiger partial charge in [0.05, 0.1) is 27.1 Å². The van der Waals surface area contributed by atoms with Crippen LogP contribution in [0.5, 0.6) is 11.5 Å². The summed E-state index contributed by atoms with van der Waals surface area (Å²) in [5.41, 5.74) is 3.88. The van der Waals surface area contributed by atoms with Crippen molar-refractivity contribution in [1.29, 1.82) is 0 Å². The minimum absolute atomic E-state index is 0.0629. The first-order valence-electron chi connectivity index (χ1n) is 8.34. The highest BCUT2D eigenvalue weighted by molar-refractivity contribution is 6.00. The second-order valence-corrected chi connectivity index (χ2v) is 6.01. The molecule has 1 heterocycles. The number of ether oxygens (including phenoxy) is 2. The fourth-order valence-corrected chi connectivity index (χ4v) is 2.71. The zero-order valence-corrected chi connectivity index (χ0v) is 15.0. The molecule has 25 heavy (non-hydrogen) atoms. The van der Waals surface area contributed by atoms with Gasteiger partial charge in [0, 0.05) is 18.8 Å². The highest BCUT2D eigenvalue weighted by atomic mass is 16.5. The van der Waals surface area contributed by atoms with E-state index in [4.69, 9.17) is 9.47 Å². The number of hydrazone groups is 1. The van der Waals surface area contributed by atoms with E-state index in [9.17, 15) is 9.59 Å². The lowest BCUT2D eigenvalue weighted by atomic mass is 10.1. The van der Waals surface area contributed by atoms with Gasteiger partial charge in [0.2, 0.25) is 11.8 Å². The van der Waals surface area contributed by atoms with Crippen LogP contribution in [0.1, 0.15) is 31.7 Å². The van der Waals surface area contributed by atoms with Gasteiger partial charge in [-0.15, -0.1) is 0 Å². The molecular weight excluding hydrogens is 322 g/mol. The second-order valence-electron chi connectivity index (χ2n) is 6.01. The van der Waals surface area contributed by atoms with Crippen LogP contribution in [-0.2, 0) is 16.0 Å². The third-order valence-electron chi connectivity index (χ3n) is 4.05. The molecule has 1 saturated heterocycles. The second kappa shape index (κ2) is 9.05. The Morgan fingerprint density at radius 3 is 2.48 bits per heavy atom. The number of carbonyl (C=O) groups is 2. The van der Waals surface area contributed by atoms with Crippen LogP contribution in [-0.4, -0.2) is 49.7 Å². The Morgan fingerprint density at radius 1 is 1.16 bits per heavy atom. The van der Waals surface area contributed by atoms with Crippen molar-refractivity contribution < 1.29 is 19.1 Å². The SMILES string of the molecule is COc1ccc(CC(=O)N/N=C(\C)CC(=O)N2CCCC2)cc1OC. The van der Waals surface area contributed by atoms with Crippen molar-refractivity contribution in [2.75, 3.05) is 27.3 Å². The van der Waals surface area contributed by atoms with E-state index in [1.807, 2.05) is 4.90 Å². The third kappa shape index (κ3) is 5.48. The molecule has 0 atom stereocenters. The Hall–Kier alpha value is -2.57. The minimum atomic E-state index is -0.250. The lowest BCUT2D eigenvalue weighted by Crippen LogP contribution is -2.29. The molecule has 1 fully saturated rings. The third-order valence-corrected chi connectivity index (χ3v) is 4.05. The Morgan fingerprint density at radius 2 is 1.84 bits per heavy atom.